The second-order valence-corrected chi connectivity index (χ2v) is 6.40. The molecule has 0 saturated heterocycles. The van der Waals surface area contributed by atoms with Gasteiger partial charge in [-0.3, -0.25) is 14.2 Å². The summed E-state index contributed by atoms with van der Waals surface area (Å²) in [5, 5.41) is 8.61. The largest absolute Gasteiger partial charge is 0.480 e. The second kappa shape index (κ2) is 6.99. The van der Waals surface area contributed by atoms with Gasteiger partial charge in [0.25, 0.3) is 0 Å². The van der Waals surface area contributed by atoms with Crippen molar-refractivity contribution in [1.29, 1.82) is 0 Å². The molecule has 0 aromatic heterocycles. The molecule has 0 aliphatic heterocycles. The summed E-state index contributed by atoms with van der Waals surface area (Å²) in [6, 6.07) is -1.02. The number of Topliss-reactive ketones (excluding diaryl/α,β-unsaturated/α-hetero) is 1. The summed E-state index contributed by atoms with van der Waals surface area (Å²) >= 11 is 0. The van der Waals surface area contributed by atoms with Crippen LogP contribution in [0, 0.1) is 11.8 Å². The maximum absolute atomic E-state index is 11.7. The molecular weight excluding hydrogens is 261 g/mol. The highest BCUT2D eigenvalue weighted by Gasteiger charge is 2.25. The summed E-state index contributed by atoms with van der Waals surface area (Å²) in [5.41, 5.74) is 5.34. The first-order valence-electron chi connectivity index (χ1n) is 5.58. The molecular formula is C10H20NO6P. The van der Waals surface area contributed by atoms with Gasteiger partial charge in [-0.2, -0.15) is 0 Å². The van der Waals surface area contributed by atoms with Gasteiger partial charge in [0.15, 0.2) is 0 Å². The molecule has 3 atom stereocenters. The number of carbonyl (C=O) groups excluding carboxylic acids is 1. The fourth-order valence-corrected chi connectivity index (χ4v) is 2.54. The molecule has 5 N–H and O–H groups in total. The number of carboxylic acids is 1. The molecule has 2 unspecified atom stereocenters. The van der Waals surface area contributed by atoms with Gasteiger partial charge in [-0.05, 0) is 12.3 Å². The van der Waals surface area contributed by atoms with Gasteiger partial charge in [0.05, 0.1) is 6.16 Å². The fraction of sp³-hybridized carbons (Fsp3) is 0.800. The number of ketones is 1. The van der Waals surface area contributed by atoms with Crippen LogP contribution in [0.15, 0.2) is 0 Å². The molecule has 0 rings (SSSR count). The van der Waals surface area contributed by atoms with Gasteiger partial charge in [0.1, 0.15) is 11.8 Å². The van der Waals surface area contributed by atoms with Gasteiger partial charge >= 0.3 is 13.6 Å². The van der Waals surface area contributed by atoms with Gasteiger partial charge in [-0.25, -0.2) is 0 Å². The first-order valence-corrected chi connectivity index (χ1v) is 7.38. The highest BCUT2D eigenvalue weighted by molar-refractivity contribution is 7.51. The Hall–Kier alpha value is -0.750. The van der Waals surface area contributed by atoms with E-state index in [4.69, 9.17) is 20.6 Å². The molecule has 8 heteroatoms. The Bertz CT molecular complexity index is 352. The van der Waals surface area contributed by atoms with Crippen LogP contribution in [0.1, 0.15) is 26.7 Å². The predicted molar refractivity (Wildman–Crippen MR) is 65.1 cm³/mol. The lowest BCUT2D eigenvalue weighted by Crippen LogP contribution is -2.32. The van der Waals surface area contributed by atoms with Crippen molar-refractivity contribution in [2.24, 2.45) is 17.6 Å². The van der Waals surface area contributed by atoms with Crippen LogP contribution in [-0.2, 0) is 14.2 Å². The van der Waals surface area contributed by atoms with Crippen LogP contribution in [0.5, 0.6) is 0 Å². The Morgan fingerprint density at radius 3 is 2.17 bits per heavy atom. The normalized spacial score (nSPS) is 16.9. The average Bonchev–Trinajstić information content (AvgIpc) is 2.14. The Morgan fingerprint density at radius 1 is 1.28 bits per heavy atom. The molecule has 0 heterocycles. The summed E-state index contributed by atoms with van der Waals surface area (Å²) in [6.45, 7) is 3.14. The lowest BCUT2D eigenvalue weighted by molar-refractivity contribution is -0.139. The third-order valence-electron chi connectivity index (χ3n) is 2.58. The van der Waals surface area contributed by atoms with Crippen LogP contribution in [-0.4, -0.2) is 38.8 Å². The molecule has 0 fully saturated rings. The van der Waals surface area contributed by atoms with Crippen molar-refractivity contribution in [2.75, 3.05) is 6.16 Å². The van der Waals surface area contributed by atoms with Gasteiger partial charge in [0.2, 0.25) is 0 Å². The molecule has 0 bridgehead atoms. The van der Waals surface area contributed by atoms with Crippen LogP contribution < -0.4 is 5.73 Å². The number of aliphatic carboxylic acids is 1. The summed E-state index contributed by atoms with van der Waals surface area (Å²) < 4.78 is 10.7. The lowest BCUT2D eigenvalue weighted by Gasteiger charge is -2.16. The monoisotopic (exact) mass is 281 g/mol. The minimum absolute atomic E-state index is 0.0716. The third kappa shape index (κ3) is 7.55. The number of nitrogens with two attached hydrogens (primary N) is 1. The molecule has 0 radical (unpaired) electrons. The Labute approximate surface area is 106 Å². The van der Waals surface area contributed by atoms with E-state index in [1.807, 2.05) is 0 Å². The molecule has 0 aromatic carbocycles. The van der Waals surface area contributed by atoms with Gasteiger partial charge in [0, 0.05) is 12.3 Å². The van der Waals surface area contributed by atoms with Crippen molar-refractivity contribution >= 4 is 19.3 Å². The number of hydrogen-bond donors (Lipinski definition) is 4. The number of rotatable bonds is 8. The van der Waals surface area contributed by atoms with Crippen LogP contribution in [0.25, 0.3) is 0 Å². The average molecular weight is 281 g/mol. The molecule has 18 heavy (non-hydrogen) atoms. The van der Waals surface area contributed by atoms with Gasteiger partial charge < -0.3 is 20.6 Å². The minimum Gasteiger partial charge on any atom is -0.480 e. The van der Waals surface area contributed by atoms with Crippen molar-refractivity contribution < 1.29 is 29.0 Å². The smallest absolute Gasteiger partial charge is 0.326 e. The maximum Gasteiger partial charge on any atom is 0.326 e. The zero-order chi connectivity index (χ0) is 14.5. The molecule has 0 aliphatic carbocycles. The number of hydrogen-bond acceptors (Lipinski definition) is 4. The van der Waals surface area contributed by atoms with E-state index in [1.165, 1.54) is 6.92 Å². The van der Waals surface area contributed by atoms with Crippen LogP contribution in [0.4, 0.5) is 0 Å². The SMILES string of the molecule is CC(CC(=O)C(C)CP(=O)(O)O)C[C@H](N)C(=O)O. The van der Waals surface area contributed by atoms with E-state index in [9.17, 15) is 14.2 Å². The predicted octanol–water partition coefficient (Wildman–Crippen LogP) is 0.198. The third-order valence-corrected chi connectivity index (χ3v) is 3.61. The highest BCUT2D eigenvalue weighted by Crippen LogP contribution is 2.37. The number of carbonyl (C=O) groups is 2. The van der Waals surface area contributed by atoms with Crippen molar-refractivity contribution in [3.63, 3.8) is 0 Å². The van der Waals surface area contributed by atoms with Crippen molar-refractivity contribution in [3.8, 4) is 0 Å². The highest BCUT2D eigenvalue weighted by atomic mass is 31.2. The van der Waals surface area contributed by atoms with Crippen LogP contribution in [0.2, 0.25) is 0 Å². The summed E-state index contributed by atoms with van der Waals surface area (Å²) in [7, 11) is -4.20. The first-order chi connectivity index (χ1) is 8.03. The zero-order valence-corrected chi connectivity index (χ0v) is 11.3. The van der Waals surface area contributed by atoms with E-state index in [1.54, 1.807) is 6.92 Å². The summed E-state index contributed by atoms with van der Waals surface area (Å²) in [5.74, 6) is -2.39. The maximum atomic E-state index is 11.7. The first kappa shape index (κ1) is 17.2. The quantitative estimate of drug-likeness (QED) is 0.466. The van der Waals surface area contributed by atoms with Crippen LogP contribution in [0.3, 0.4) is 0 Å². The Kier molecular flexibility index (Phi) is 6.70. The van der Waals surface area contributed by atoms with E-state index in [2.05, 4.69) is 0 Å². The van der Waals surface area contributed by atoms with Crippen molar-refractivity contribution in [3.05, 3.63) is 0 Å². The van der Waals surface area contributed by atoms with Gasteiger partial charge in [-0.1, -0.05) is 13.8 Å². The molecule has 0 amide bonds. The lowest BCUT2D eigenvalue weighted by atomic mass is 9.93. The molecule has 7 nitrogen and oxygen atoms in total. The standard InChI is InChI=1S/C10H20NO6P/c1-6(3-8(11)10(13)14)4-9(12)7(2)5-18(15,16)17/h6-8H,3-5,11H2,1-2H3,(H,13,14)(H2,15,16,17)/t6?,7?,8-/m0/s1. The van der Waals surface area contributed by atoms with E-state index < -0.39 is 31.7 Å². The molecule has 0 aromatic rings. The fourth-order valence-electron chi connectivity index (χ4n) is 1.62. The van der Waals surface area contributed by atoms with E-state index >= 15 is 0 Å². The van der Waals surface area contributed by atoms with Gasteiger partial charge in [-0.15, -0.1) is 0 Å². The van der Waals surface area contributed by atoms with E-state index in [-0.39, 0.29) is 24.5 Å². The zero-order valence-electron chi connectivity index (χ0n) is 10.4. The topological polar surface area (TPSA) is 138 Å². The minimum atomic E-state index is -4.20. The summed E-state index contributed by atoms with van der Waals surface area (Å²) in [4.78, 5) is 39.7. The van der Waals surface area contributed by atoms with E-state index in [0.29, 0.717) is 0 Å². The molecule has 0 saturated carbocycles. The van der Waals surface area contributed by atoms with Crippen molar-refractivity contribution in [1.82, 2.24) is 0 Å². The molecule has 106 valence electrons. The number of carboxylic acid groups (broad SMARTS) is 1. The Morgan fingerprint density at radius 2 is 1.78 bits per heavy atom. The Balaban J connectivity index is 4.23. The summed E-state index contributed by atoms with van der Waals surface area (Å²) in [6.07, 6.45) is -0.255. The van der Waals surface area contributed by atoms with Crippen molar-refractivity contribution in [2.45, 2.75) is 32.7 Å². The molecule has 0 spiro atoms. The van der Waals surface area contributed by atoms with Crippen LogP contribution >= 0.6 is 7.60 Å². The molecule has 0 aliphatic rings. The van der Waals surface area contributed by atoms with E-state index in [0.717, 1.165) is 0 Å². The second-order valence-electron chi connectivity index (χ2n) is 4.70.